The van der Waals surface area contributed by atoms with E-state index in [1.807, 2.05) is 44.2 Å². The molecule has 5 heteroatoms. The van der Waals surface area contributed by atoms with E-state index in [0.717, 1.165) is 29.0 Å². The molecule has 0 fully saturated rings. The first-order valence-electron chi connectivity index (χ1n) is 7.79. The topological polar surface area (TPSA) is 48.9 Å². The molecule has 1 aromatic carbocycles. The van der Waals surface area contributed by atoms with Gasteiger partial charge in [-0.25, -0.2) is 4.79 Å². The normalized spacial score (nSPS) is 11.3. The van der Waals surface area contributed by atoms with Crippen LogP contribution >= 0.6 is 0 Å². The van der Waals surface area contributed by atoms with E-state index in [9.17, 15) is 9.59 Å². The summed E-state index contributed by atoms with van der Waals surface area (Å²) in [6.07, 6.45) is 0. The number of benzene rings is 1. The van der Waals surface area contributed by atoms with Crippen LogP contribution in [0.2, 0.25) is 0 Å². The maximum absolute atomic E-state index is 12.7. The van der Waals surface area contributed by atoms with Crippen molar-refractivity contribution in [3.63, 3.8) is 0 Å². The lowest BCUT2D eigenvalue weighted by Crippen LogP contribution is -2.25. The Balaban J connectivity index is 2.05. The van der Waals surface area contributed by atoms with Gasteiger partial charge in [0.25, 0.3) is 0 Å². The monoisotopic (exact) mass is 311 g/mol. The molecule has 23 heavy (non-hydrogen) atoms. The molecule has 0 radical (unpaired) electrons. The minimum absolute atomic E-state index is 0.0312. The quantitative estimate of drug-likeness (QED) is 0.696. The highest BCUT2D eigenvalue weighted by Gasteiger charge is 2.18. The number of imidazole rings is 1. The van der Waals surface area contributed by atoms with Crippen LogP contribution in [-0.2, 0) is 20.1 Å². The van der Waals surface area contributed by atoms with Gasteiger partial charge in [0.1, 0.15) is 0 Å². The summed E-state index contributed by atoms with van der Waals surface area (Å²) in [4.78, 5) is 25.2. The average molecular weight is 311 g/mol. The second-order valence-electron chi connectivity index (χ2n) is 5.87. The van der Waals surface area contributed by atoms with Gasteiger partial charge in [0.15, 0.2) is 5.78 Å². The predicted octanol–water partition coefficient (Wildman–Crippen LogP) is 2.66. The van der Waals surface area contributed by atoms with Crippen molar-refractivity contribution >= 4 is 16.8 Å². The van der Waals surface area contributed by atoms with E-state index >= 15 is 0 Å². The molecule has 0 aliphatic heterocycles. The van der Waals surface area contributed by atoms with Crippen LogP contribution in [0.5, 0.6) is 0 Å². The van der Waals surface area contributed by atoms with Crippen LogP contribution in [0.4, 0.5) is 0 Å². The summed E-state index contributed by atoms with van der Waals surface area (Å²) in [6, 6.07) is 9.45. The Morgan fingerprint density at radius 2 is 1.74 bits per heavy atom. The van der Waals surface area contributed by atoms with Gasteiger partial charge >= 0.3 is 5.69 Å². The van der Waals surface area contributed by atoms with Gasteiger partial charge in [-0.1, -0.05) is 12.1 Å². The average Bonchev–Trinajstić information content (AvgIpc) is 2.96. The molecule has 0 unspecified atom stereocenters. The van der Waals surface area contributed by atoms with Crippen molar-refractivity contribution in [2.45, 2.75) is 33.9 Å². The third-order valence-electron chi connectivity index (χ3n) is 4.54. The van der Waals surface area contributed by atoms with E-state index < -0.39 is 0 Å². The number of Topliss-reactive ketones (excluding diaryl/α,β-unsaturated/α-hetero) is 1. The summed E-state index contributed by atoms with van der Waals surface area (Å²) in [5, 5.41) is 0. The molecule has 0 aliphatic carbocycles. The second kappa shape index (κ2) is 5.57. The van der Waals surface area contributed by atoms with E-state index in [1.165, 1.54) is 0 Å². The number of ketones is 1. The number of hydrogen-bond donors (Lipinski definition) is 0. The van der Waals surface area contributed by atoms with Crippen molar-refractivity contribution < 1.29 is 4.79 Å². The Kier molecular flexibility index (Phi) is 3.72. The largest absolute Gasteiger partial charge is 0.349 e. The molecule has 0 N–H and O–H groups in total. The van der Waals surface area contributed by atoms with Gasteiger partial charge in [0, 0.05) is 30.5 Å². The Labute approximate surface area is 134 Å². The van der Waals surface area contributed by atoms with Crippen LogP contribution in [0, 0.1) is 13.8 Å². The molecule has 0 aliphatic rings. The number of aromatic nitrogens is 3. The smallest absolute Gasteiger partial charge is 0.329 e. The SMILES string of the molecule is CCn1c(C)cc(C(=O)Cn2c(=O)n(C)c3ccccc32)c1C. The van der Waals surface area contributed by atoms with Crippen molar-refractivity contribution in [3.05, 3.63) is 57.8 Å². The molecular formula is C18H21N3O2. The molecule has 3 aromatic rings. The van der Waals surface area contributed by atoms with Crippen LogP contribution in [0.25, 0.3) is 11.0 Å². The first kappa shape index (κ1) is 15.3. The van der Waals surface area contributed by atoms with Gasteiger partial charge in [-0.15, -0.1) is 0 Å². The fourth-order valence-corrected chi connectivity index (χ4v) is 3.31. The number of para-hydroxylation sites is 2. The molecule has 120 valence electrons. The fourth-order valence-electron chi connectivity index (χ4n) is 3.31. The van der Waals surface area contributed by atoms with Gasteiger partial charge in [0.2, 0.25) is 0 Å². The maximum atomic E-state index is 12.7. The molecule has 2 heterocycles. The Morgan fingerprint density at radius 1 is 1.09 bits per heavy atom. The lowest BCUT2D eigenvalue weighted by Gasteiger charge is -2.06. The number of carbonyl (C=O) groups excluding carboxylic acids is 1. The Bertz CT molecular complexity index is 957. The first-order valence-corrected chi connectivity index (χ1v) is 7.79. The molecule has 2 aromatic heterocycles. The zero-order chi connectivity index (χ0) is 16.7. The summed E-state index contributed by atoms with van der Waals surface area (Å²) in [6.45, 7) is 6.91. The number of rotatable bonds is 4. The molecule has 0 atom stereocenters. The molecule has 3 rings (SSSR count). The third kappa shape index (κ3) is 2.32. The lowest BCUT2D eigenvalue weighted by molar-refractivity contribution is 0.0971. The van der Waals surface area contributed by atoms with Crippen molar-refractivity contribution in [1.82, 2.24) is 13.7 Å². The van der Waals surface area contributed by atoms with Crippen LogP contribution < -0.4 is 5.69 Å². The third-order valence-corrected chi connectivity index (χ3v) is 4.54. The van der Waals surface area contributed by atoms with Gasteiger partial charge < -0.3 is 4.57 Å². The molecular weight excluding hydrogens is 290 g/mol. The zero-order valence-corrected chi connectivity index (χ0v) is 14.0. The van der Waals surface area contributed by atoms with Crippen LogP contribution in [0.15, 0.2) is 35.1 Å². The standard InChI is InChI=1S/C18H21N3O2/c1-5-20-12(2)10-14(13(20)3)17(22)11-21-16-9-7-6-8-15(16)19(4)18(21)23/h6-10H,5,11H2,1-4H3. The molecule has 0 saturated heterocycles. The van der Waals surface area contributed by atoms with Crippen molar-refractivity contribution in [3.8, 4) is 0 Å². The summed E-state index contributed by atoms with van der Waals surface area (Å²) in [5.74, 6) is -0.0312. The first-order chi connectivity index (χ1) is 11.0. The second-order valence-corrected chi connectivity index (χ2v) is 5.87. The summed E-state index contributed by atoms with van der Waals surface area (Å²) in [5.41, 5.74) is 4.19. The van der Waals surface area contributed by atoms with Crippen molar-refractivity contribution in [2.75, 3.05) is 0 Å². The number of hydrogen-bond acceptors (Lipinski definition) is 2. The van der Waals surface area contributed by atoms with Gasteiger partial charge in [-0.2, -0.15) is 0 Å². The van der Waals surface area contributed by atoms with Gasteiger partial charge in [-0.05, 0) is 39.0 Å². The highest BCUT2D eigenvalue weighted by Crippen LogP contribution is 2.17. The predicted molar refractivity (Wildman–Crippen MR) is 91.1 cm³/mol. The minimum atomic E-state index is -0.163. The molecule has 0 saturated carbocycles. The highest BCUT2D eigenvalue weighted by molar-refractivity contribution is 5.98. The van der Waals surface area contributed by atoms with E-state index in [-0.39, 0.29) is 18.0 Å². The Hall–Kier alpha value is -2.56. The molecule has 0 bridgehead atoms. The van der Waals surface area contributed by atoms with Gasteiger partial charge in [0.05, 0.1) is 17.6 Å². The number of nitrogens with zero attached hydrogens (tertiary/aromatic N) is 3. The lowest BCUT2D eigenvalue weighted by atomic mass is 10.1. The van der Waals surface area contributed by atoms with E-state index in [2.05, 4.69) is 11.5 Å². The van der Waals surface area contributed by atoms with Crippen molar-refractivity contribution in [2.24, 2.45) is 7.05 Å². The molecule has 0 spiro atoms. The molecule has 0 amide bonds. The van der Waals surface area contributed by atoms with E-state index in [4.69, 9.17) is 0 Å². The zero-order valence-electron chi connectivity index (χ0n) is 14.0. The summed E-state index contributed by atoms with van der Waals surface area (Å²) >= 11 is 0. The molecule has 5 nitrogen and oxygen atoms in total. The minimum Gasteiger partial charge on any atom is -0.349 e. The fraction of sp³-hybridized carbons (Fsp3) is 0.333. The number of carbonyl (C=O) groups is 1. The van der Waals surface area contributed by atoms with Crippen LogP contribution in [0.1, 0.15) is 28.7 Å². The number of fused-ring (bicyclic) bond motifs is 1. The van der Waals surface area contributed by atoms with Crippen LogP contribution in [-0.4, -0.2) is 19.5 Å². The Morgan fingerprint density at radius 3 is 2.35 bits per heavy atom. The van der Waals surface area contributed by atoms with E-state index in [1.54, 1.807) is 16.2 Å². The maximum Gasteiger partial charge on any atom is 0.329 e. The number of aryl methyl sites for hydroxylation is 2. The highest BCUT2D eigenvalue weighted by atomic mass is 16.2. The van der Waals surface area contributed by atoms with Crippen LogP contribution in [0.3, 0.4) is 0 Å². The van der Waals surface area contributed by atoms with Crippen molar-refractivity contribution in [1.29, 1.82) is 0 Å². The van der Waals surface area contributed by atoms with E-state index in [0.29, 0.717) is 5.56 Å². The summed E-state index contributed by atoms with van der Waals surface area (Å²) in [7, 11) is 1.73. The van der Waals surface area contributed by atoms with Gasteiger partial charge in [-0.3, -0.25) is 13.9 Å². The summed E-state index contributed by atoms with van der Waals surface area (Å²) < 4.78 is 5.24.